The summed E-state index contributed by atoms with van der Waals surface area (Å²) in [4.78, 5) is 15.3. The molecule has 2 rings (SSSR count). The lowest BCUT2D eigenvalue weighted by Gasteiger charge is -2.09. The van der Waals surface area contributed by atoms with Gasteiger partial charge in [-0.3, -0.25) is 9.78 Å². The van der Waals surface area contributed by atoms with Gasteiger partial charge in [0.05, 0.1) is 5.69 Å². The van der Waals surface area contributed by atoms with Crippen LogP contribution in [-0.4, -0.2) is 32.9 Å². The third-order valence-electron chi connectivity index (χ3n) is 2.26. The second-order valence-electron chi connectivity index (χ2n) is 3.46. The largest absolute Gasteiger partial charge is 0.506 e. The van der Waals surface area contributed by atoms with E-state index in [0.29, 0.717) is 0 Å². The highest BCUT2D eigenvalue weighted by Gasteiger charge is 2.38. The van der Waals surface area contributed by atoms with E-state index in [1.165, 1.54) is 25.4 Å². The molecule has 0 bridgehead atoms. The molecule has 2 aromatic heterocycles. The Labute approximate surface area is 105 Å². The molecule has 100 valence electrons. The van der Waals surface area contributed by atoms with Crippen LogP contribution < -0.4 is 5.32 Å². The van der Waals surface area contributed by atoms with Crippen molar-refractivity contribution >= 4 is 5.91 Å². The van der Waals surface area contributed by atoms with Gasteiger partial charge in [-0.15, -0.1) is 23.0 Å². The van der Waals surface area contributed by atoms with E-state index in [1.54, 1.807) is 6.07 Å². The van der Waals surface area contributed by atoms with E-state index >= 15 is 0 Å². The summed E-state index contributed by atoms with van der Waals surface area (Å²) >= 11 is 0. The molecule has 0 fully saturated rings. The SMILES string of the molecule is CNC(=O)c1nnn(C(F)(F)F)c1-c1ccccn1. The molecule has 0 aromatic carbocycles. The second-order valence-corrected chi connectivity index (χ2v) is 3.46. The van der Waals surface area contributed by atoms with Gasteiger partial charge in [0.15, 0.2) is 5.69 Å². The van der Waals surface area contributed by atoms with E-state index in [1.807, 2.05) is 0 Å². The first-order chi connectivity index (χ1) is 8.95. The molecule has 19 heavy (non-hydrogen) atoms. The average molecular weight is 271 g/mol. The Bertz CT molecular complexity index is 593. The monoisotopic (exact) mass is 271 g/mol. The van der Waals surface area contributed by atoms with Crippen LogP contribution in [0.3, 0.4) is 0 Å². The Kier molecular flexibility index (Phi) is 3.19. The Morgan fingerprint density at radius 2 is 2.11 bits per heavy atom. The van der Waals surface area contributed by atoms with Crippen molar-refractivity contribution in [1.29, 1.82) is 0 Å². The van der Waals surface area contributed by atoms with Crippen molar-refractivity contribution in [2.45, 2.75) is 6.30 Å². The number of pyridine rings is 1. The summed E-state index contributed by atoms with van der Waals surface area (Å²) in [5.74, 6) is -0.767. The molecule has 0 aliphatic rings. The van der Waals surface area contributed by atoms with Crippen LogP contribution in [0.1, 0.15) is 10.5 Å². The Hall–Kier alpha value is -2.45. The van der Waals surface area contributed by atoms with Gasteiger partial charge in [0.1, 0.15) is 5.69 Å². The van der Waals surface area contributed by atoms with Crippen LogP contribution in [0.25, 0.3) is 11.4 Å². The lowest BCUT2D eigenvalue weighted by molar-refractivity contribution is -0.211. The highest BCUT2D eigenvalue weighted by atomic mass is 19.4. The van der Waals surface area contributed by atoms with Crippen LogP contribution in [0.15, 0.2) is 24.4 Å². The smallest absolute Gasteiger partial charge is 0.354 e. The maximum absolute atomic E-state index is 12.8. The van der Waals surface area contributed by atoms with Crippen molar-refractivity contribution in [2.75, 3.05) is 7.05 Å². The van der Waals surface area contributed by atoms with Crippen LogP contribution in [0.5, 0.6) is 0 Å². The van der Waals surface area contributed by atoms with E-state index in [-0.39, 0.29) is 10.4 Å². The highest BCUT2D eigenvalue weighted by molar-refractivity contribution is 5.97. The maximum atomic E-state index is 12.8. The number of alkyl halides is 3. The minimum Gasteiger partial charge on any atom is -0.354 e. The van der Waals surface area contributed by atoms with Gasteiger partial charge in [0.25, 0.3) is 5.91 Å². The van der Waals surface area contributed by atoms with E-state index in [9.17, 15) is 18.0 Å². The van der Waals surface area contributed by atoms with Gasteiger partial charge in [-0.2, -0.15) is 0 Å². The van der Waals surface area contributed by atoms with Crippen LogP contribution in [0, 0.1) is 0 Å². The summed E-state index contributed by atoms with van der Waals surface area (Å²) in [5, 5.41) is 8.45. The molecule has 1 amide bonds. The van der Waals surface area contributed by atoms with Crippen molar-refractivity contribution < 1.29 is 18.0 Å². The first-order valence-corrected chi connectivity index (χ1v) is 5.11. The fourth-order valence-electron chi connectivity index (χ4n) is 1.46. The lowest BCUT2D eigenvalue weighted by Crippen LogP contribution is -2.22. The number of halogens is 3. The molecule has 0 spiro atoms. The molecule has 6 nitrogen and oxygen atoms in total. The zero-order valence-electron chi connectivity index (χ0n) is 9.64. The zero-order chi connectivity index (χ0) is 14.0. The molecular formula is C10H8F3N5O. The van der Waals surface area contributed by atoms with Gasteiger partial charge in [0, 0.05) is 13.2 Å². The van der Waals surface area contributed by atoms with Crippen molar-refractivity contribution in [3.05, 3.63) is 30.1 Å². The summed E-state index contributed by atoms with van der Waals surface area (Å²) in [7, 11) is 1.29. The number of nitrogens with one attached hydrogen (secondary N) is 1. The highest BCUT2D eigenvalue weighted by Crippen LogP contribution is 2.29. The number of hydrogen-bond acceptors (Lipinski definition) is 4. The minimum atomic E-state index is -4.79. The van der Waals surface area contributed by atoms with Crippen LogP contribution in [0.2, 0.25) is 0 Å². The zero-order valence-corrected chi connectivity index (χ0v) is 9.64. The second kappa shape index (κ2) is 4.67. The molecule has 1 N–H and O–H groups in total. The van der Waals surface area contributed by atoms with Gasteiger partial charge < -0.3 is 5.32 Å². The summed E-state index contributed by atoms with van der Waals surface area (Å²) in [6, 6.07) is 4.39. The molecule has 0 saturated carbocycles. The summed E-state index contributed by atoms with van der Waals surface area (Å²) < 4.78 is 38.2. The standard InChI is InChI=1S/C10H8F3N5O/c1-14-9(19)7-8(6-4-2-3-5-15-6)18(17-16-7)10(11,12)13/h2-5H,1H3,(H,14,19). The Morgan fingerprint density at radius 1 is 1.37 bits per heavy atom. The fourth-order valence-corrected chi connectivity index (χ4v) is 1.46. The number of carbonyl (C=O) groups is 1. The van der Waals surface area contributed by atoms with E-state index < -0.39 is 23.6 Å². The van der Waals surface area contributed by atoms with Crippen molar-refractivity contribution in [2.24, 2.45) is 0 Å². The van der Waals surface area contributed by atoms with Crippen LogP contribution in [-0.2, 0) is 6.30 Å². The van der Waals surface area contributed by atoms with Crippen LogP contribution >= 0.6 is 0 Å². The summed E-state index contributed by atoms with van der Waals surface area (Å²) in [5.41, 5.74) is -0.964. The number of carbonyl (C=O) groups excluding carboxylic acids is 1. The lowest BCUT2D eigenvalue weighted by atomic mass is 10.2. The molecule has 0 saturated heterocycles. The minimum absolute atomic E-state index is 0.0385. The molecule has 0 atom stereocenters. The Balaban J connectivity index is 2.67. The summed E-state index contributed by atoms with van der Waals surface area (Å²) in [6.45, 7) is 0. The number of nitrogens with zero attached hydrogens (tertiary/aromatic N) is 4. The molecule has 0 radical (unpaired) electrons. The number of aromatic nitrogens is 4. The average Bonchev–Trinajstić information content (AvgIpc) is 2.83. The maximum Gasteiger partial charge on any atom is 0.506 e. The van der Waals surface area contributed by atoms with Crippen LogP contribution in [0.4, 0.5) is 13.2 Å². The quantitative estimate of drug-likeness (QED) is 0.890. The van der Waals surface area contributed by atoms with Gasteiger partial charge >= 0.3 is 6.30 Å². The van der Waals surface area contributed by atoms with Gasteiger partial charge in [-0.05, 0) is 12.1 Å². The molecule has 2 aromatic rings. The van der Waals surface area contributed by atoms with Crippen molar-refractivity contribution in [3.63, 3.8) is 0 Å². The van der Waals surface area contributed by atoms with Crippen molar-refractivity contribution in [1.82, 2.24) is 25.3 Å². The number of hydrogen-bond donors (Lipinski definition) is 1. The summed E-state index contributed by atoms with van der Waals surface area (Å²) in [6.07, 6.45) is -3.47. The predicted octanol–water partition coefficient (Wildman–Crippen LogP) is 1.18. The predicted molar refractivity (Wildman–Crippen MR) is 57.9 cm³/mol. The van der Waals surface area contributed by atoms with Gasteiger partial charge in [-0.25, -0.2) is 0 Å². The number of amides is 1. The number of rotatable bonds is 2. The molecule has 9 heteroatoms. The Morgan fingerprint density at radius 3 is 2.63 bits per heavy atom. The van der Waals surface area contributed by atoms with E-state index in [2.05, 4.69) is 20.6 Å². The first-order valence-electron chi connectivity index (χ1n) is 5.11. The normalized spacial score (nSPS) is 11.4. The third-order valence-corrected chi connectivity index (χ3v) is 2.26. The topological polar surface area (TPSA) is 72.7 Å². The molecule has 0 aliphatic heterocycles. The fraction of sp³-hybridized carbons (Fsp3) is 0.200. The first kappa shape index (κ1) is 13.0. The molecule has 0 unspecified atom stereocenters. The third kappa shape index (κ3) is 2.39. The van der Waals surface area contributed by atoms with Gasteiger partial charge in [0.2, 0.25) is 0 Å². The van der Waals surface area contributed by atoms with E-state index in [0.717, 1.165) is 0 Å². The van der Waals surface area contributed by atoms with E-state index in [4.69, 9.17) is 0 Å². The molecular weight excluding hydrogens is 263 g/mol. The molecule has 0 aliphatic carbocycles. The van der Waals surface area contributed by atoms with Crippen molar-refractivity contribution in [3.8, 4) is 11.4 Å². The van der Waals surface area contributed by atoms with Gasteiger partial charge in [-0.1, -0.05) is 11.3 Å². The molecule has 2 heterocycles.